The predicted molar refractivity (Wildman–Crippen MR) is 98.7 cm³/mol. The quantitative estimate of drug-likeness (QED) is 0.385. The van der Waals surface area contributed by atoms with E-state index < -0.39 is 23.6 Å². The van der Waals surface area contributed by atoms with E-state index in [4.69, 9.17) is 0 Å². The van der Waals surface area contributed by atoms with E-state index in [1.165, 1.54) is 25.4 Å². The van der Waals surface area contributed by atoms with Crippen molar-refractivity contribution in [2.24, 2.45) is 5.10 Å². The molecule has 0 atom stereocenters. The van der Waals surface area contributed by atoms with Crippen molar-refractivity contribution in [1.29, 1.82) is 0 Å². The highest BCUT2D eigenvalue weighted by Gasteiger charge is 2.30. The van der Waals surface area contributed by atoms with Gasteiger partial charge in [-0.15, -0.1) is 0 Å². The molecule has 0 bridgehead atoms. The van der Waals surface area contributed by atoms with Crippen LogP contribution < -0.4 is 16.1 Å². The van der Waals surface area contributed by atoms with Gasteiger partial charge in [-0.05, 0) is 36.4 Å². The van der Waals surface area contributed by atoms with Crippen molar-refractivity contribution in [2.75, 3.05) is 12.4 Å². The number of benzene rings is 2. The number of hydrogen-bond acceptors (Lipinski definition) is 4. The molecule has 142 valence electrons. The van der Waals surface area contributed by atoms with Gasteiger partial charge in [-0.2, -0.15) is 18.3 Å². The van der Waals surface area contributed by atoms with Gasteiger partial charge in [0, 0.05) is 28.5 Å². The summed E-state index contributed by atoms with van der Waals surface area (Å²) in [4.78, 5) is 22.5. The van der Waals surface area contributed by atoms with Crippen molar-refractivity contribution in [3.05, 3.63) is 58.1 Å². The van der Waals surface area contributed by atoms with Crippen molar-refractivity contribution >= 4 is 45.3 Å². The van der Waals surface area contributed by atoms with Crippen molar-refractivity contribution < 1.29 is 22.8 Å². The highest BCUT2D eigenvalue weighted by atomic mass is 79.9. The largest absolute Gasteiger partial charge is 0.416 e. The number of anilines is 2. The lowest BCUT2D eigenvalue weighted by molar-refractivity contribution is -0.138. The van der Waals surface area contributed by atoms with Crippen molar-refractivity contribution in [2.45, 2.75) is 6.18 Å². The first kappa shape index (κ1) is 20.4. The van der Waals surface area contributed by atoms with Crippen molar-refractivity contribution in [3.8, 4) is 0 Å². The molecule has 2 rings (SSSR count). The zero-order valence-corrected chi connectivity index (χ0v) is 15.5. The van der Waals surface area contributed by atoms with E-state index >= 15 is 0 Å². The van der Waals surface area contributed by atoms with Crippen LogP contribution in [0.2, 0.25) is 0 Å². The maximum Gasteiger partial charge on any atom is 0.416 e. The minimum Gasteiger partial charge on any atom is -0.355 e. The fraction of sp³-hybridized carbons (Fsp3) is 0.118. The summed E-state index contributed by atoms with van der Waals surface area (Å²) in [5.41, 5.74) is 2.43. The highest BCUT2D eigenvalue weighted by molar-refractivity contribution is 9.10. The molecule has 27 heavy (non-hydrogen) atoms. The van der Waals surface area contributed by atoms with Gasteiger partial charge in [0.25, 0.3) is 0 Å². The number of carbonyl (C=O) groups excluding carboxylic acids is 2. The average molecular weight is 443 g/mol. The van der Waals surface area contributed by atoms with Gasteiger partial charge in [0.05, 0.1) is 11.8 Å². The number of alkyl halides is 3. The summed E-state index contributed by atoms with van der Waals surface area (Å²) in [6.07, 6.45) is -3.19. The van der Waals surface area contributed by atoms with Crippen LogP contribution in [0, 0.1) is 0 Å². The number of halogens is 4. The molecule has 0 fully saturated rings. The Bertz CT molecular complexity index is 885. The Morgan fingerprint density at radius 2 is 1.85 bits per heavy atom. The Hall–Kier alpha value is -2.88. The Morgan fingerprint density at radius 1 is 1.11 bits per heavy atom. The van der Waals surface area contributed by atoms with Crippen LogP contribution >= 0.6 is 15.9 Å². The summed E-state index contributed by atoms with van der Waals surface area (Å²) in [6.45, 7) is 0. The van der Waals surface area contributed by atoms with E-state index in [1.807, 2.05) is 5.43 Å². The minimum atomic E-state index is -4.45. The lowest BCUT2D eigenvalue weighted by atomic mass is 10.1. The molecule has 0 unspecified atom stereocenters. The Kier molecular flexibility index (Phi) is 6.56. The maximum absolute atomic E-state index is 12.8. The predicted octanol–water partition coefficient (Wildman–Crippen LogP) is 3.41. The smallest absolute Gasteiger partial charge is 0.355 e. The molecule has 0 aromatic heterocycles. The molecule has 3 N–H and O–H groups in total. The molecule has 0 heterocycles. The van der Waals surface area contributed by atoms with E-state index in [2.05, 4.69) is 31.7 Å². The van der Waals surface area contributed by atoms with Gasteiger partial charge < -0.3 is 10.6 Å². The monoisotopic (exact) mass is 442 g/mol. The number of hydrogen-bond donors (Lipinski definition) is 3. The zero-order valence-electron chi connectivity index (χ0n) is 13.9. The first-order chi connectivity index (χ1) is 12.7. The third-order valence-electron chi connectivity index (χ3n) is 3.29. The first-order valence-corrected chi connectivity index (χ1v) is 8.29. The maximum atomic E-state index is 12.8. The van der Waals surface area contributed by atoms with Gasteiger partial charge in [0.2, 0.25) is 0 Å². The molecule has 10 heteroatoms. The lowest BCUT2D eigenvalue weighted by Gasteiger charge is -2.12. The number of amides is 2. The normalized spacial score (nSPS) is 11.3. The van der Waals surface area contributed by atoms with Crippen LogP contribution in [0.15, 0.2) is 52.0 Å². The molecule has 0 aliphatic carbocycles. The Labute approximate surface area is 161 Å². The number of likely N-dealkylation sites (N-methyl/N-ethyl adjacent to an activating group) is 1. The van der Waals surface area contributed by atoms with Gasteiger partial charge in [-0.3, -0.25) is 9.59 Å². The summed E-state index contributed by atoms with van der Waals surface area (Å²) in [5.74, 6) is -1.81. The molecule has 0 aliphatic rings. The van der Waals surface area contributed by atoms with Crippen LogP contribution in [0.5, 0.6) is 0 Å². The topological polar surface area (TPSA) is 82.6 Å². The third-order valence-corrected chi connectivity index (χ3v) is 3.78. The number of rotatable bonds is 4. The molecule has 0 saturated carbocycles. The second-order valence-corrected chi connectivity index (χ2v) is 6.13. The van der Waals surface area contributed by atoms with Crippen molar-refractivity contribution in [3.63, 3.8) is 0 Å². The third kappa shape index (κ3) is 5.81. The summed E-state index contributed by atoms with van der Waals surface area (Å²) in [5, 5.41) is 8.71. The second-order valence-electron chi connectivity index (χ2n) is 5.21. The zero-order chi connectivity index (χ0) is 20.0. The SMILES string of the molecule is CNC(=O)C(=O)N/N=C\c1cc(Br)ccc1Nc1cccc(C(F)(F)F)c1. The van der Waals surface area contributed by atoms with Crippen LogP contribution in [0.3, 0.4) is 0 Å². The summed E-state index contributed by atoms with van der Waals surface area (Å²) in [6, 6.07) is 9.71. The van der Waals surface area contributed by atoms with Crippen LogP contribution in [0.4, 0.5) is 24.5 Å². The molecule has 0 spiro atoms. The minimum absolute atomic E-state index is 0.233. The van der Waals surface area contributed by atoms with Gasteiger partial charge >= 0.3 is 18.0 Å². The van der Waals surface area contributed by atoms with Crippen LogP contribution in [-0.4, -0.2) is 25.1 Å². The number of carbonyl (C=O) groups is 2. The lowest BCUT2D eigenvalue weighted by Crippen LogP contribution is -2.35. The van der Waals surface area contributed by atoms with Gasteiger partial charge in [-0.1, -0.05) is 22.0 Å². The fourth-order valence-corrected chi connectivity index (χ4v) is 2.39. The van der Waals surface area contributed by atoms with Gasteiger partial charge in [0.1, 0.15) is 0 Å². The van der Waals surface area contributed by atoms with Gasteiger partial charge in [-0.25, -0.2) is 5.43 Å². The molecule has 0 aliphatic heterocycles. The molecule has 0 radical (unpaired) electrons. The second kappa shape index (κ2) is 8.67. The highest BCUT2D eigenvalue weighted by Crippen LogP contribution is 2.32. The van der Waals surface area contributed by atoms with E-state index in [0.717, 1.165) is 12.1 Å². The average Bonchev–Trinajstić information content (AvgIpc) is 2.62. The summed E-state index contributed by atoms with van der Waals surface area (Å²) in [7, 11) is 1.30. The first-order valence-electron chi connectivity index (χ1n) is 7.49. The molecule has 0 saturated heterocycles. The van der Waals surface area contributed by atoms with E-state index in [-0.39, 0.29) is 5.69 Å². The molecule has 6 nitrogen and oxygen atoms in total. The van der Waals surface area contributed by atoms with Gasteiger partial charge in [0.15, 0.2) is 0 Å². The standard InChI is InChI=1S/C17H14BrF3N4O2/c1-22-15(26)16(27)25-23-9-10-7-12(18)5-6-14(10)24-13-4-2-3-11(8-13)17(19,20)21/h2-9,24H,1H3,(H,22,26)(H,25,27)/b23-9-. The van der Waals surface area contributed by atoms with E-state index in [1.54, 1.807) is 18.2 Å². The van der Waals surface area contributed by atoms with Crippen LogP contribution in [0.1, 0.15) is 11.1 Å². The molecule has 2 aromatic rings. The molecule has 2 aromatic carbocycles. The van der Waals surface area contributed by atoms with Crippen LogP contribution in [0.25, 0.3) is 0 Å². The molecular weight excluding hydrogens is 429 g/mol. The Balaban J connectivity index is 2.23. The van der Waals surface area contributed by atoms with Crippen molar-refractivity contribution in [1.82, 2.24) is 10.7 Å². The van der Waals surface area contributed by atoms with E-state index in [9.17, 15) is 22.8 Å². The molecule has 2 amide bonds. The number of nitrogens with zero attached hydrogens (tertiary/aromatic N) is 1. The number of nitrogens with one attached hydrogen (secondary N) is 3. The summed E-state index contributed by atoms with van der Waals surface area (Å²) < 4.78 is 39.2. The number of hydrazone groups is 1. The fourth-order valence-electron chi connectivity index (χ4n) is 2.01. The van der Waals surface area contributed by atoms with E-state index in [0.29, 0.717) is 15.7 Å². The summed E-state index contributed by atoms with van der Waals surface area (Å²) >= 11 is 3.29. The van der Waals surface area contributed by atoms with Crippen LogP contribution in [-0.2, 0) is 15.8 Å². The Morgan fingerprint density at radius 3 is 2.52 bits per heavy atom. The molecular formula is C17H14BrF3N4O2.